The Labute approximate surface area is 145 Å². The third-order valence-electron chi connectivity index (χ3n) is 3.52. The molecule has 1 aliphatic rings. The molecule has 1 N–H and O–H groups in total. The number of alkyl halides is 3. The van der Waals surface area contributed by atoms with E-state index in [-0.39, 0.29) is 16.9 Å². The summed E-state index contributed by atoms with van der Waals surface area (Å²) < 4.78 is 43.3. The van der Waals surface area contributed by atoms with Crippen molar-refractivity contribution < 1.29 is 27.8 Å². The Balaban J connectivity index is 2.00. The number of carbonyl (C=O) groups is 1. The summed E-state index contributed by atoms with van der Waals surface area (Å²) in [6, 6.07) is 10.6. The van der Waals surface area contributed by atoms with Crippen molar-refractivity contribution in [3.8, 4) is 0 Å². The van der Waals surface area contributed by atoms with Gasteiger partial charge < -0.3 is 9.84 Å². The summed E-state index contributed by atoms with van der Waals surface area (Å²) in [6.07, 6.45) is -3.32. The fourth-order valence-electron chi connectivity index (χ4n) is 2.34. The maximum atomic E-state index is 12.8. The number of hydrogen-bond acceptors (Lipinski definition) is 3. The zero-order valence-corrected chi connectivity index (χ0v) is 13.2. The molecule has 0 bridgehead atoms. The molecule has 2 aromatic rings. The van der Waals surface area contributed by atoms with E-state index < -0.39 is 23.5 Å². The van der Waals surface area contributed by atoms with Crippen molar-refractivity contribution in [3.05, 3.63) is 81.8 Å². The van der Waals surface area contributed by atoms with Gasteiger partial charge in [-0.05, 0) is 41.5 Å². The molecule has 1 heterocycles. The van der Waals surface area contributed by atoms with Crippen LogP contribution in [0, 0.1) is 0 Å². The number of carbonyl (C=O) groups excluding carboxylic acids is 1. The van der Waals surface area contributed by atoms with Crippen molar-refractivity contribution in [1.82, 2.24) is 0 Å². The summed E-state index contributed by atoms with van der Waals surface area (Å²) in [5.41, 5.74) is -0.386. The predicted octanol–water partition coefficient (Wildman–Crippen LogP) is 5.23. The second-order valence-electron chi connectivity index (χ2n) is 5.25. The van der Waals surface area contributed by atoms with E-state index in [1.165, 1.54) is 30.3 Å². The van der Waals surface area contributed by atoms with E-state index in [0.717, 1.165) is 12.1 Å². The van der Waals surface area contributed by atoms with Crippen LogP contribution in [0.15, 0.2) is 60.0 Å². The molecule has 0 radical (unpaired) electrons. The fraction of sp³-hybridized carbons (Fsp3) is 0.0556. The van der Waals surface area contributed by atoms with Crippen molar-refractivity contribution >= 4 is 29.2 Å². The second kappa shape index (κ2) is 6.29. The zero-order valence-electron chi connectivity index (χ0n) is 12.5. The SMILES string of the molecule is O=C1O/C(=C\c2cccc(C(F)(F)F)c2)C(O)=C1c1ccc(Cl)cc1. The van der Waals surface area contributed by atoms with Gasteiger partial charge >= 0.3 is 12.1 Å². The van der Waals surface area contributed by atoms with Gasteiger partial charge in [-0.25, -0.2) is 4.79 Å². The maximum Gasteiger partial charge on any atom is 0.416 e. The number of rotatable bonds is 2. The van der Waals surface area contributed by atoms with Gasteiger partial charge in [0.05, 0.1) is 5.56 Å². The summed E-state index contributed by atoms with van der Waals surface area (Å²) in [6.45, 7) is 0. The number of aliphatic hydroxyl groups excluding tert-OH is 1. The van der Waals surface area contributed by atoms with Crippen molar-refractivity contribution in [3.63, 3.8) is 0 Å². The monoisotopic (exact) mass is 366 g/mol. The average molecular weight is 367 g/mol. The predicted molar refractivity (Wildman–Crippen MR) is 86.5 cm³/mol. The molecule has 0 amide bonds. The van der Waals surface area contributed by atoms with Crippen LogP contribution in [0.4, 0.5) is 13.2 Å². The first-order chi connectivity index (χ1) is 11.8. The molecule has 0 spiro atoms. The third kappa shape index (κ3) is 3.53. The van der Waals surface area contributed by atoms with Crippen LogP contribution < -0.4 is 0 Å². The summed E-state index contributed by atoms with van der Waals surface area (Å²) in [5.74, 6) is -1.45. The topological polar surface area (TPSA) is 46.5 Å². The lowest BCUT2D eigenvalue weighted by Gasteiger charge is -2.07. The van der Waals surface area contributed by atoms with E-state index in [0.29, 0.717) is 10.6 Å². The summed E-state index contributed by atoms with van der Waals surface area (Å²) in [4.78, 5) is 12.0. The zero-order chi connectivity index (χ0) is 18.2. The molecule has 3 nitrogen and oxygen atoms in total. The third-order valence-corrected chi connectivity index (χ3v) is 3.77. The lowest BCUT2D eigenvalue weighted by molar-refractivity contribution is -0.137. The molecule has 0 fully saturated rings. The molecule has 1 aliphatic heterocycles. The van der Waals surface area contributed by atoms with Gasteiger partial charge in [0.15, 0.2) is 11.5 Å². The molecule has 128 valence electrons. The first-order valence-electron chi connectivity index (χ1n) is 7.06. The van der Waals surface area contributed by atoms with Gasteiger partial charge in [0.2, 0.25) is 0 Å². The number of cyclic esters (lactones) is 1. The summed E-state index contributed by atoms with van der Waals surface area (Å²) in [7, 11) is 0. The van der Waals surface area contributed by atoms with Crippen molar-refractivity contribution in [2.75, 3.05) is 0 Å². The number of ether oxygens (including phenoxy) is 1. The van der Waals surface area contributed by atoms with Gasteiger partial charge in [0, 0.05) is 5.02 Å². The van der Waals surface area contributed by atoms with Crippen molar-refractivity contribution in [1.29, 1.82) is 0 Å². The van der Waals surface area contributed by atoms with E-state index in [2.05, 4.69) is 0 Å². The normalized spacial score (nSPS) is 16.5. The fourth-order valence-corrected chi connectivity index (χ4v) is 2.47. The van der Waals surface area contributed by atoms with E-state index in [9.17, 15) is 23.1 Å². The van der Waals surface area contributed by atoms with Gasteiger partial charge in [-0.1, -0.05) is 35.9 Å². The highest BCUT2D eigenvalue weighted by Crippen LogP contribution is 2.34. The molecule has 3 rings (SSSR count). The quantitative estimate of drug-likeness (QED) is 0.741. The summed E-state index contributed by atoms with van der Waals surface area (Å²) >= 11 is 5.78. The van der Waals surface area contributed by atoms with Gasteiger partial charge in [0.1, 0.15) is 5.57 Å². The van der Waals surface area contributed by atoms with Crippen LogP contribution in [0.2, 0.25) is 5.02 Å². The van der Waals surface area contributed by atoms with Gasteiger partial charge in [0.25, 0.3) is 0 Å². The largest absolute Gasteiger partial charge is 0.504 e. The Kier molecular flexibility index (Phi) is 4.30. The lowest BCUT2D eigenvalue weighted by atomic mass is 10.0. The Morgan fingerprint density at radius 2 is 1.76 bits per heavy atom. The highest BCUT2D eigenvalue weighted by atomic mass is 35.5. The minimum atomic E-state index is -4.49. The molecule has 0 saturated carbocycles. The van der Waals surface area contributed by atoms with E-state index in [1.54, 1.807) is 12.1 Å². The van der Waals surface area contributed by atoms with Crippen LogP contribution in [0.3, 0.4) is 0 Å². The van der Waals surface area contributed by atoms with Crippen LogP contribution in [0.5, 0.6) is 0 Å². The van der Waals surface area contributed by atoms with Crippen LogP contribution in [0.25, 0.3) is 11.6 Å². The lowest BCUT2D eigenvalue weighted by Crippen LogP contribution is -2.04. The van der Waals surface area contributed by atoms with E-state index in [1.807, 2.05) is 0 Å². The van der Waals surface area contributed by atoms with Gasteiger partial charge in [-0.15, -0.1) is 0 Å². The molecule has 0 atom stereocenters. The first kappa shape index (κ1) is 17.1. The molecular formula is C18H10ClF3O3. The molecule has 25 heavy (non-hydrogen) atoms. The Morgan fingerprint density at radius 1 is 1.08 bits per heavy atom. The molecule has 0 unspecified atom stereocenters. The second-order valence-corrected chi connectivity index (χ2v) is 5.69. The van der Waals surface area contributed by atoms with Crippen molar-refractivity contribution in [2.24, 2.45) is 0 Å². The number of hydrogen-bond donors (Lipinski definition) is 1. The first-order valence-corrected chi connectivity index (χ1v) is 7.44. The molecule has 0 aliphatic carbocycles. The van der Waals surface area contributed by atoms with Crippen LogP contribution in [-0.4, -0.2) is 11.1 Å². The van der Waals surface area contributed by atoms with E-state index in [4.69, 9.17) is 16.3 Å². The maximum absolute atomic E-state index is 12.8. The van der Waals surface area contributed by atoms with Gasteiger partial charge in [-0.2, -0.15) is 13.2 Å². The van der Waals surface area contributed by atoms with Gasteiger partial charge in [-0.3, -0.25) is 0 Å². The number of benzene rings is 2. The smallest absolute Gasteiger partial charge is 0.416 e. The number of esters is 1. The average Bonchev–Trinajstić information content (AvgIpc) is 2.82. The standard InChI is InChI=1S/C18H10ClF3O3/c19-13-6-4-11(5-7-13)15-16(23)14(25-17(15)24)9-10-2-1-3-12(8-10)18(20,21)22/h1-9,23H/b14-9-. The van der Waals surface area contributed by atoms with E-state index >= 15 is 0 Å². The molecule has 7 heteroatoms. The molecular weight excluding hydrogens is 357 g/mol. The van der Waals surface area contributed by atoms with Crippen LogP contribution in [-0.2, 0) is 15.7 Å². The Hall–Kier alpha value is -2.73. The highest BCUT2D eigenvalue weighted by molar-refractivity contribution is 6.30. The molecule has 2 aromatic carbocycles. The molecule has 0 saturated heterocycles. The summed E-state index contributed by atoms with van der Waals surface area (Å²) in [5, 5.41) is 10.7. The Morgan fingerprint density at radius 3 is 2.40 bits per heavy atom. The molecule has 0 aromatic heterocycles. The van der Waals surface area contributed by atoms with Crippen molar-refractivity contribution in [2.45, 2.75) is 6.18 Å². The minimum absolute atomic E-state index is 0.0742. The van der Waals surface area contributed by atoms with Crippen LogP contribution in [0.1, 0.15) is 16.7 Å². The Bertz CT molecular complexity index is 897. The van der Waals surface area contributed by atoms with Crippen LogP contribution >= 0.6 is 11.6 Å². The highest BCUT2D eigenvalue weighted by Gasteiger charge is 2.32. The number of aliphatic hydroxyl groups is 1. The minimum Gasteiger partial charge on any atom is -0.504 e. The number of halogens is 4.